The van der Waals surface area contributed by atoms with Crippen molar-refractivity contribution in [2.45, 2.75) is 6.42 Å². The van der Waals surface area contributed by atoms with E-state index in [1.54, 1.807) is 0 Å². The number of benzene rings is 2. The van der Waals surface area contributed by atoms with Crippen molar-refractivity contribution < 1.29 is 9.13 Å². The fourth-order valence-corrected chi connectivity index (χ4v) is 5.30. The van der Waals surface area contributed by atoms with E-state index in [1.807, 2.05) is 22.7 Å². The largest absolute Gasteiger partial charge is 0.262 e. The van der Waals surface area contributed by atoms with Gasteiger partial charge in [-0.3, -0.25) is 0 Å². The van der Waals surface area contributed by atoms with Gasteiger partial charge in [-0.1, -0.05) is 77.3 Å². The number of allylic oxidation sites excluding steroid dienone is 5. The van der Waals surface area contributed by atoms with E-state index >= 15 is 0 Å². The van der Waals surface area contributed by atoms with Crippen molar-refractivity contribution in [3.63, 3.8) is 0 Å². The van der Waals surface area contributed by atoms with Crippen molar-refractivity contribution in [2.24, 2.45) is 14.1 Å². The Morgan fingerprint density at radius 1 is 0.741 bits per heavy atom. The summed E-state index contributed by atoms with van der Waals surface area (Å²) >= 11 is 3.68. The Balaban J connectivity index is 1.39. The van der Waals surface area contributed by atoms with Gasteiger partial charge >= 0.3 is 0 Å². The highest BCUT2D eigenvalue weighted by Gasteiger charge is 2.14. The number of rotatable bonds is 5. The van der Waals surface area contributed by atoms with Crippen LogP contribution in [-0.2, 0) is 20.5 Å². The number of hydrogen-bond acceptors (Lipinski definition) is 2. The summed E-state index contributed by atoms with van der Waals surface area (Å²) in [6.45, 7) is 0. The van der Waals surface area contributed by atoms with Gasteiger partial charge in [0, 0.05) is 18.2 Å². The molecule has 4 aromatic rings. The molecule has 0 unspecified atom stereocenters. The van der Waals surface area contributed by atoms with Gasteiger partial charge in [-0.2, -0.15) is 9.13 Å². The summed E-state index contributed by atoms with van der Waals surface area (Å²) in [5, 5.41) is 2.62. The number of fused-ring (bicyclic) bond motifs is 2. The molecule has 0 radical (unpaired) electrons. The molecule has 2 heterocycles. The van der Waals surface area contributed by atoms with Crippen molar-refractivity contribution in [1.82, 2.24) is 0 Å². The molecule has 0 aliphatic carbocycles. The highest BCUT2D eigenvalue weighted by Crippen LogP contribution is 2.21. The summed E-state index contributed by atoms with van der Waals surface area (Å²) in [5.74, 6) is 0. The number of thiazole rings is 2. The van der Waals surface area contributed by atoms with Gasteiger partial charge in [0.05, 0.1) is 6.42 Å². The van der Waals surface area contributed by atoms with E-state index in [9.17, 15) is 0 Å². The van der Waals surface area contributed by atoms with Crippen molar-refractivity contribution in [2.75, 3.05) is 0 Å². The molecule has 0 fully saturated rings. The fourth-order valence-electron chi connectivity index (χ4n) is 3.11. The molecule has 4 rings (SSSR count). The molecule has 0 spiro atoms. The minimum atomic E-state index is 0.954. The maximum atomic E-state index is 2.29. The topological polar surface area (TPSA) is 7.76 Å². The first-order chi connectivity index (χ1) is 13.2. The van der Waals surface area contributed by atoms with Crippen LogP contribution in [0.5, 0.6) is 0 Å². The Bertz CT molecular complexity index is 1180. The molecule has 134 valence electrons. The SMILES string of the molecule is C[n+]1c(C=CC=CC=CCc2sc3ccccc3[n+]2C)sc2ccccc21. The monoisotopic (exact) mass is 390 g/mol. The predicted molar refractivity (Wildman–Crippen MR) is 117 cm³/mol. The van der Waals surface area contributed by atoms with Crippen LogP contribution < -0.4 is 9.13 Å². The summed E-state index contributed by atoms with van der Waals surface area (Å²) in [7, 11) is 4.26. The van der Waals surface area contributed by atoms with E-state index in [2.05, 4.69) is 108 Å². The van der Waals surface area contributed by atoms with Gasteiger partial charge in [-0.15, -0.1) is 0 Å². The molecule has 4 heteroatoms. The third-order valence-electron chi connectivity index (χ3n) is 4.60. The van der Waals surface area contributed by atoms with Crippen molar-refractivity contribution >= 4 is 49.2 Å². The van der Waals surface area contributed by atoms with Gasteiger partial charge in [0.25, 0.3) is 5.01 Å². The minimum Gasteiger partial charge on any atom is -0.188 e. The zero-order valence-electron chi connectivity index (χ0n) is 15.5. The highest BCUT2D eigenvalue weighted by molar-refractivity contribution is 7.19. The molecule has 0 bridgehead atoms. The van der Waals surface area contributed by atoms with Crippen molar-refractivity contribution in [3.8, 4) is 0 Å². The molecule has 0 amide bonds. The molecule has 0 N–H and O–H groups in total. The molecule has 2 aromatic carbocycles. The van der Waals surface area contributed by atoms with Crippen molar-refractivity contribution in [3.05, 3.63) is 88.9 Å². The summed E-state index contributed by atoms with van der Waals surface area (Å²) in [6.07, 6.45) is 13.8. The summed E-state index contributed by atoms with van der Waals surface area (Å²) in [4.78, 5) is 0. The standard InChI is InChI=1S/C23H22N2S2/c1-24-18-12-8-10-14-20(18)26-22(24)16-6-4-3-5-7-17-23-25(2)19-13-9-11-15-21(19)27-23/h3-16H,17H2,1-2H3/q+2. The molecule has 27 heavy (non-hydrogen) atoms. The zero-order valence-corrected chi connectivity index (χ0v) is 17.1. The quantitative estimate of drug-likeness (QED) is 0.329. The summed E-state index contributed by atoms with van der Waals surface area (Å²) in [5.41, 5.74) is 2.59. The van der Waals surface area contributed by atoms with Gasteiger partial charge in [-0.05, 0) is 12.1 Å². The first-order valence-corrected chi connectivity index (χ1v) is 10.6. The van der Waals surface area contributed by atoms with Gasteiger partial charge in [0.2, 0.25) is 16.0 Å². The molecule has 0 aliphatic rings. The molecule has 0 saturated carbocycles. The third kappa shape index (κ3) is 3.77. The lowest BCUT2D eigenvalue weighted by Crippen LogP contribution is -2.30. The fraction of sp³-hybridized carbons (Fsp3) is 0.130. The Morgan fingerprint density at radius 3 is 2.07 bits per heavy atom. The van der Waals surface area contributed by atoms with Crippen molar-refractivity contribution in [1.29, 1.82) is 0 Å². The Kier molecular flexibility index (Phi) is 5.28. The molecular weight excluding hydrogens is 368 g/mol. The van der Waals surface area contributed by atoms with Crippen LogP contribution in [0.15, 0.2) is 78.9 Å². The number of aryl methyl sites for hydroxylation is 2. The lowest BCUT2D eigenvalue weighted by molar-refractivity contribution is -0.647. The second-order valence-electron chi connectivity index (χ2n) is 6.37. The first-order valence-electron chi connectivity index (χ1n) is 8.98. The normalized spacial score (nSPS) is 12.5. The molecule has 2 aromatic heterocycles. The van der Waals surface area contributed by atoms with Gasteiger partial charge in [-0.25, -0.2) is 0 Å². The van der Waals surface area contributed by atoms with E-state index in [-0.39, 0.29) is 0 Å². The average Bonchev–Trinajstić information content (AvgIpc) is 3.19. The molecule has 0 atom stereocenters. The van der Waals surface area contributed by atoms with Crippen LogP contribution in [0.1, 0.15) is 10.0 Å². The Hall–Kier alpha value is -2.56. The van der Waals surface area contributed by atoms with E-state index in [0.717, 1.165) is 6.42 Å². The van der Waals surface area contributed by atoms with E-state index in [0.29, 0.717) is 0 Å². The highest BCUT2D eigenvalue weighted by atomic mass is 32.1. The summed E-state index contributed by atoms with van der Waals surface area (Å²) in [6, 6.07) is 17.1. The second kappa shape index (κ2) is 7.99. The average molecular weight is 391 g/mol. The first kappa shape index (κ1) is 17.8. The predicted octanol–water partition coefficient (Wildman–Crippen LogP) is 5.13. The maximum Gasteiger partial charge on any atom is 0.262 e. The van der Waals surface area contributed by atoms with Gasteiger partial charge in [0.15, 0.2) is 0 Å². The van der Waals surface area contributed by atoms with Crippen LogP contribution in [0.3, 0.4) is 0 Å². The Morgan fingerprint density at radius 2 is 1.37 bits per heavy atom. The zero-order chi connectivity index (χ0) is 18.6. The smallest absolute Gasteiger partial charge is 0.188 e. The lowest BCUT2D eigenvalue weighted by atomic mass is 10.3. The number of nitrogens with zero attached hydrogens (tertiary/aromatic N) is 2. The molecular formula is C23H22N2S2+2. The molecule has 0 aliphatic heterocycles. The maximum absolute atomic E-state index is 2.29. The number of hydrogen-bond donors (Lipinski definition) is 0. The Labute approximate surface area is 167 Å². The van der Waals surface area contributed by atoms with Gasteiger partial charge < -0.3 is 0 Å². The van der Waals surface area contributed by atoms with Crippen LogP contribution in [0.4, 0.5) is 0 Å². The lowest BCUT2D eigenvalue weighted by Gasteiger charge is -1.87. The van der Waals surface area contributed by atoms with Crippen LogP contribution >= 0.6 is 22.7 Å². The minimum absolute atomic E-state index is 0.954. The number of aromatic nitrogens is 2. The molecule has 2 nitrogen and oxygen atoms in total. The van der Waals surface area contributed by atoms with Crippen LogP contribution in [0.25, 0.3) is 26.5 Å². The van der Waals surface area contributed by atoms with E-state index in [4.69, 9.17) is 0 Å². The van der Waals surface area contributed by atoms with E-state index in [1.165, 1.54) is 30.4 Å². The van der Waals surface area contributed by atoms with Crippen LogP contribution in [0.2, 0.25) is 0 Å². The second-order valence-corrected chi connectivity index (χ2v) is 8.54. The third-order valence-corrected chi connectivity index (χ3v) is 7.03. The van der Waals surface area contributed by atoms with Gasteiger partial charge in [0.1, 0.15) is 23.5 Å². The van der Waals surface area contributed by atoms with Crippen LogP contribution in [0, 0.1) is 0 Å². The van der Waals surface area contributed by atoms with Crippen LogP contribution in [-0.4, -0.2) is 0 Å². The number of para-hydroxylation sites is 2. The summed E-state index contributed by atoms with van der Waals surface area (Å²) < 4.78 is 7.19. The molecule has 0 saturated heterocycles. The van der Waals surface area contributed by atoms with E-state index < -0.39 is 0 Å².